The summed E-state index contributed by atoms with van der Waals surface area (Å²) in [5, 5.41) is 8.12. The standard InChI is InChI=1S/C21H25ClN2O4S.C8H9NO3S/c1-12(2)18-10-16(22)11-19(13(3)4)20(18)23-21(26)24-29(27,28)17-8-6-7-15(9-17)14(5)25;1-6(10)7-3-2-4-8(5-7)13(9,11)12/h6-13H,1-5H3,(H2,23,24,26);2-5H,1H3,(H2,9,11,12). The maximum atomic E-state index is 12.6. The van der Waals surface area contributed by atoms with E-state index in [9.17, 15) is 31.2 Å². The van der Waals surface area contributed by atoms with Gasteiger partial charge in [-0.15, -0.1) is 0 Å². The van der Waals surface area contributed by atoms with Crippen molar-refractivity contribution in [3.8, 4) is 0 Å². The molecule has 4 N–H and O–H groups in total. The van der Waals surface area contributed by atoms with Gasteiger partial charge in [-0.2, -0.15) is 0 Å². The fourth-order valence-corrected chi connectivity index (χ4v) is 5.55. The van der Waals surface area contributed by atoms with Gasteiger partial charge in [0, 0.05) is 21.8 Å². The second kappa shape index (κ2) is 14.1. The molecule has 0 aliphatic carbocycles. The molecule has 0 spiro atoms. The van der Waals surface area contributed by atoms with Gasteiger partial charge in [0.1, 0.15) is 0 Å². The van der Waals surface area contributed by atoms with Gasteiger partial charge in [-0.1, -0.05) is 63.6 Å². The second-order valence-electron chi connectivity index (χ2n) is 10.0. The predicted octanol–water partition coefficient (Wildman–Crippen LogP) is 5.84. The van der Waals surface area contributed by atoms with Gasteiger partial charge in [0.25, 0.3) is 10.0 Å². The molecule has 2 amide bonds. The molecule has 226 valence electrons. The van der Waals surface area contributed by atoms with Gasteiger partial charge in [-0.3, -0.25) is 9.59 Å². The molecule has 0 atom stereocenters. The molecular formula is C29H34ClN3O7S2. The minimum Gasteiger partial charge on any atom is -0.307 e. The van der Waals surface area contributed by atoms with E-state index in [-0.39, 0.29) is 38.8 Å². The second-order valence-corrected chi connectivity index (χ2v) is 13.7. The van der Waals surface area contributed by atoms with E-state index in [0.29, 0.717) is 16.3 Å². The van der Waals surface area contributed by atoms with Crippen LogP contribution >= 0.6 is 11.6 Å². The van der Waals surface area contributed by atoms with E-state index in [1.807, 2.05) is 32.4 Å². The number of carbonyl (C=O) groups excluding carboxylic acids is 3. The Kier molecular flexibility index (Phi) is 11.6. The third kappa shape index (κ3) is 9.48. The summed E-state index contributed by atoms with van der Waals surface area (Å²) in [6.45, 7) is 10.5. The Morgan fingerprint density at radius 2 is 1.17 bits per heavy atom. The third-order valence-electron chi connectivity index (χ3n) is 5.99. The van der Waals surface area contributed by atoms with Crippen molar-refractivity contribution in [2.45, 2.75) is 63.2 Å². The monoisotopic (exact) mass is 635 g/mol. The molecule has 3 rings (SSSR count). The van der Waals surface area contributed by atoms with Gasteiger partial charge < -0.3 is 5.32 Å². The van der Waals surface area contributed by atoms with Crippen LogP contribution in [0.3, 0.4) is 0 Å². The van der Waals surface area contributed by atoms with Crippen LogP contribution in [0.2, 0.25) is 5.02 Å². The zero-order chi connectivity index (χ0) is 32.0. The molecule has 0 fully saturated rings. The van der Waals surface area contributed by atoms with Crippen LogP contribution in [-0.2, 0) is 20.0 Å². The SMILES string of the molecule is CC(=O)c1cccc(S(=O)(=O)NC(=O)Nc2c(C(C)C)cc(Cl)cc2C(C)C)c1.CC(=O)c1cccc(S(N)(=O)=O)c1. The number of rotatable bonds is 8. The maximum Gasteiger partial charge on any atom is 0.333 e. The van der Waals surface area contributed by atoms with Crippen LogP contribution in [0.1, 0.15) is 85.2 Å². The van der Waals surface area contributed by atoms with E-state index in [1.165, 1.54) is 62.4 Å². The number of benzene rings is 3. The number of primary sulfonamides is 1. The van der Waals surface area contributed by atoms with Crippen LogP contribution in [0, 0.1) is 0 Å². The van der Waals surface area contributed by atoms with Gasteiger partial charge in [-0.25, -0.2) is 31.5 Å². The minimum absolute atomic E-state index is 0.0415. The van der Waals surface area contributed by atoms with E-state index in [4.69, 9.17) is 16.7 Å². The van der Waals surface area contributed by atoms with Gasteiger partial charge in [0.2, 0.25) is 10.0 Å². The number of carbonyl (C=O) groups is 3. The number of ketones is 2. The molecule has 0 heterocycles. The van der Waals surface area contributed by atoms with Crippen molar-refractivity contribution in [3.63, 3.8) is 0 Å². The molecule has 3 aromatic rings. The highest BCUT2D eigenvalue weighted by Crippen LogP contribution is 2.35. The molecule has 0 aliphatic rings. The molecule has 0 saturated heterocycles. The van der Waals surface area contributed by atoms with Gasteiger partial charge in [-0.05, 0) is 73.2 Å². The molecule has 0 radical (unpaired) electrons. The molecule has 0 saturated carbocycles. The largest absolute Gasteiger partial charge is 0.333 e. The predicted molar refractivity (Wildman–Crippen MR) is 163 cm³/mol. The van der Waals surface area contributed by atoms with Crippen molar-refractivity contribution in [3.05, 3.63) is 87.9 Å². The molecule has 10 nitrogen and oxygen atoms in total. The van der Waals surface area contributed by atoms with Gasteiger partial charge in [0.05, 0.1) is 9.79 Å². The first-order valence-electron chi connectivity index (χ1n) is 12.8. The molecular weight excluding hydrogens is 602 g/mol. The number of nitrogens with two attached hydrogens (primary N) is 1. The lowest BCUT2D eigenvalue weighted by atomic mass is 9.92. The number of amides is 2. The Labute approximate surface area is 251 Å². The lowest BCUT2D eigenvalue weighted by molar-refractivity contribution is 0.100. The zero-order valence-corrected chi connectivity index (χ0v) is 26.4. The number of urea groups is 1. The van der Waals surface area contributed by atoms with E-state index < -0.39 is 26.1 Å². The van der Waals surface area contributed by atoms with E-state index in [2.05, 4.69) is 5.32 Å². The van der Waals surface area contributed by atoms with E-state index in [1.54, 1.807) is 12.1 Å². The first-order valence-corrected chi connectivity index (χ1v) is 16.2. The van der Waals surface area contributed by atoms with E-state index >= 15 is 0 Å². The fourth-order valence-electron chi connectivity index (χ4n) is 3.80. The summed E-state index contributed by atoms with van der Waals surface area (Å²) in [6.07, 6.45) is 0. The molecule has 3 aromatic carbocycles. The number of hydrogen-bond acceptors (Lipinski definition) is 7. The summed E-state index contributed by atoms with van der Waals surface area (Å²) in [4.78, 5) is 34.8. The Hall–Kier alpha value is -3.58. The van der Waals surface area contributed by atoms with Crippen molar-refractivity contribution < 1.29 is 31.2 Å². The Bertz CT molecular complexity index is 1690. The number of Topliss-reactive ketones (excluding diaryl/α,β-unsaturated/α-hetero) is 2. The molecule has 0 bridgehead atoms. The lowest BCUT2D eigenvalue weighted by Gasteiger charge is -2.21. The quantitative estimate of drug-likeness (QED) is 0.261. The Balaban J connectivity index is 0.000000395. The highest BCUT2D eigenvalue weighted by atomic mass is 35.5. The topological polar surface area (TPSA) is 170 Å². The minimum atomic E-state index is -4.15. The lowest BCUT2D eigenvalue weighted by Crippen LogP contribution is -2.35. The average Bonchev–Trinajstić information content (AvgIpc) is 2.88. The highest BCUT2D eigenvalue weighted by Gasteiger charge is 2.22. The summed E-state index contributed by atoms with van der Waals surface area (Å²) in [5.74, 6) is -0.336. The van der Waals surface area contributed by atoms with Crippen LogP contribution < -0.4 is 15.2 Å². The van der Waals surface area contributed by atoms with Crippen LogP contribution in [0.4, 0.5) is 10.5 Å². The first kappa shape index (κ1) is 34.6. The highest BCUT2D eigenvalue weighted by molar-refractivity contribution is 7.90. The smallest absolute Gasteiger partial charge is 0.307 e. The molecule has 0 aromatic heterocycles. The summed E-state index contributed by atoms with van der Waals surface area (Å²) >= 11 is 6.22. The molecule has 0 unspecified atom stereocenters. The van der Waals surface area contributed by atoms with Crippen molar-refractivity contribution in [2.75, 3.05) is 5.32 Å². The van der Waals surface area contributed by atoms with Crippen LogP contribution in [0.5, 0.6) is 0 Å². The number of sulfonamides is 2. The molecule has 42 heavy (non-hydrogen) atoms. The van der Waals surface area contributed by atoms with Crippen molar-refractivity contribution in [2.24, 2.45) is 5.14 Å². The third-order valence-corrected chi connectivity index (χ3v) is 8.45. The van der Waals surface area contributed by atoms with Crippen molar-refractivity contribution in [1.29, 1.82) is 0 Å². The van der Waals surface area contributed by atoms with Gasteiger partial charge >= 0.3 is 6.03 Å². The average molecular weight is 636 g/mol. The van der Waals surface area contributed by atoms with Crippen LogP contribution in [0.15, 0.2) is 70.5 Å². The number of nitrogens with one attached hydrogen (secondary N) is 2. The number of halogens is 1. The zero-order valence-electron chi connectivity index (χ0n) is 24.1. The first-order chi connectivity index (χ1) is 19.3. The summed E-state index contributed by atoms with van der Waals surface area (Å²) in [6, 6.07) is 13.8. The normalized spacial score (nSPS) is 11.5. The van der Waals surface area contributed by atoms with E-state index in [0.717, 1.165) is 11.1 Å². The maximum absolute atomic E-state index is 12.6. The Morgan fingerprint density at radius 1 is 0.738 bits per heavy atom. The van der Waals surface area contributed by atoms with Gasteiger partial charge in [0.15, 0.2) is 11.6 Å². The summed E-state index contributed by atoms with van der Waals surface area (Å²) in [5.41, 5.74) is 2.76. The van der Waals surface area contributed by atoms with Crippen LogP contribution in [0.25, 0.3) is 0 Å². The number of anilines is 1. The Morgan fingerprint density at radius 3 is 1.57 bits per heavy atom. The van der Waals surface area contributed by atoms with Crippen LogP contribution in [-0.4, -0.2) is 34.4 Å². The summed E-state index contributed by atoms with van der Waals surface area (Å²) in [7, 11) is -7.86. The molecule has 13 heteroatoms. The van der Waals surface area contributed by atoms with Crippen molar-refractivity contribution >= 4 is 54.9 Å². The van der Waals surface area contributed by atoms with Crippen molar-refractivity contribution in [1.82, 2.24) is 4.72 Å². The molecule has 0 aliphatic heterocycles. The fraction of sp³-hybridized carbons (Fsp3) is 0.276. The summed E-state index contributed by atoms with van der Waals surface area (Å²) < 4.78 is 49.0. The number of hydrogen-bond donors (Lipinski definition) is 3.